The molecule has 2 rings (SSSR count). The van der Waals surface area contributed by atoms with Gasteiger partial charge in [0, 0.05) is 34.4 Å². The molecular weight excluding hydrogens is 240 g/mol. The Kier molecular flexibility index (Phi) is 2.97. The van der Waals surface area contributed by atoms with Gasteiger partial charge in [0.05, 0.1) is 5.39 Å². The molecule has 0 aromatic carbocycles. The highest BCUT2D eigenvalue weighted by atomic mass is 35.5. The third-order valence-corrected chi connectivity index (χ3v) is 2.47. The molecule has 7 heteroatoms. The van der Waals surface area contributed by atoms with Crippen LogP contribution in [0.15, 0.2) is 6.20 Å². The largest absolute Gasteiger partial charge is 0.347 e. The summed E-state index contributed by atoms with van der Waals surface area (Å²) in [5.74, 6) is 1.13. The van der Waals surface area contributed by atoms with Crippen LogP contribution in [0.3, 0.4) is 0 Å². The van der Waals surface area contributed by atoms with Crippen LogP contribution in [-0.2, 0) is 0 Å². The summed E-state index contributed by atoms with van der Waals surface area (Å²) in [6.45, 7) is 0. The molecule has 6 nitrogen and oxygen atoms in total. The van der Waals surface area contributed by atoms with Crippen LogP contribution < -0.4 is 9.80 Å². The van der Waals surface area contributed by atoms with E-state index in [1.54, 1.807) is 11.1 Å². The lowest BCUT2D eigenvalue weighted by Crippen LogP contribution is -2.15. The molecule has 0 N–H and O–H groups in total. The van der Waals surface area contributed by atoms with Gasteiger partial charge in [0.1, 0.15) is 5.15 Å². The predicted octanol–water partition coefficient (Wildman–Crippen LogP) is 1.21. The second-order valence-corrected chi connectivity index (χ2v) is 4.37. The Balaban J connectivity index is 2.66. The summed E-state index contributed by atoms with van der Waals surface area (Å²) in [4.78, 5) is 20.6. The van der Waals surface area contributed by atoms with Crippen molar-refractivity contribution in [3.05, 3.63) is 11.3 Å². The molecule has 0 unspecified atom stereocenters. The summed E-state index contributed by atoms with van der Waals surface area (Å²) < 4.78 is 0. The molecule has 0 radical (unpaired) electrons. The number of rotatable bonds is 2. The second kappa shape index (κ2) is 4.29. The zero-order valence-corrected chi connectivity index (χ0v) is 10.9. The molecule has 0 bridgehead atoms. The molecule has 0 saturated heterocycles. The lowest BCUT2D eigenvalue weighted by molar-refractivity contribution is 0.981. The average molecular weight is 253 g/mol. The Morgan fingerprint density at radius 2 is 1.53 bits per heavy atom. The number of anilines is 2. The smallest absolute Gasteiger partial charge is 0.228 e. The normalized spacial score (nSPS) is 10.6. The SMILES string of the molecule is CN(C)c1ncc2c(Cl)nc(N(C)C)nc2n1. The first-order valence-electron chi connectivity index (χ1n) is 5.04. The number of hydrogen-bond donors (Lipinski definition) is 0. The van der Waals surface area contributed by atoms with Gasteiger partial charge in [-0.2, -0.15) is 9.97 Å². The highest BCUT2D eigenvalue weighted by molar-refractivity contribution is 6.34. The van der Waals surface area contributed by atoms with Gasteiger partial charge >= 0.3 is 0 Å². The van der Waals surface area contributed by atoms with Crippen molar-refractivity contribution >= 4 is 34.5 Å². The first-order valence-corrected chi connectivity index (χ1v) is 5.42. The first-order chi connectivity index (χ1) is 7.99. The lowest BCUT2D eigenvalue weighted by atomic mass is 10.4. The molecule has 2 aromatic heterocycles. The van der Waals surface area contributed by atoms with Crippen LogP contribution in [0.2, 0.25) is 5.15 Å². The molecule has 0 aliphatic rings. The van der Waals surface area contributed by atoms with Crippen molar-refractivity contribution in [3.63, 3.8) is 0 Å². The maximum Gasteiger partial charge on any atom is 0.228 e. The molecular formula is C10H13ClN6. The van der Waals surface area contributed by atoms with E-state index >= 15 is 0 Å². The van der Waals surface area contributed by atoms with Gasteiger partial charge in [-0.05, 0) is 0 Å². The van der Waals surface area contributed by atoms with Crippen molar-refractivity contribution in [2.45, 2.75) is 0 Å². The fraction of sp³-hybridized carbons (Fsp3) is 0.400. The Morgan fingerprint density at radius 1 is 0.941 bits per heavy atom. The highest BCUT2D eigenvalue weighted by Crippen LogP contribution is 2.21. The molecule has 0 amide bonds. The topological polar surface area (TPSA) is 58.0 Å². The van der Waals surface area contributed by atoms with E-state index in [0.29, 0.717) is 28.1 Å². The van der Waals surface area contributed by atoms with E-state index in [2.05, 4.69) is 19.9 Å². The quantitative estimate of drug-likeness (QED) is 0.749. The summed E-state index contributed by atoms with van der Waals surface area (Å²) in [5.41, 5.74) is 0.549. The standard InChI is InChI=1S/C10H13ClN6/c1-16(2)9-12-5-6-7(11)13-10(17(3)4)15-8(6)14-9/h5H,1-4H3. The Morgan fingerprint density at radius 3 is 2.12 bits per heavy atom. The minimum atomic E-state index is 0.365. The minimum absolute atomic E-state index is 0.365. The van der Waals surface area contributed by atoms with E-state index < -0.39 is 0 Å². The van der Waals surface area contributed by atoms with Gasteiger partial charge in [-0.15, -0.1) is 0 Å². The van der Waals surface area contributed by atoms with Crippen LogP contribution in [0, 0.1) is 0 Å². The number of nitrogens with zero attached hydrogens (tertiary/aromatic N) is 6. The molecule has 17 heavy (non-hydrogen) atoms. The lowest BCUT2D eigenvalue weighted by Gasteiger charge is -2.13. The third kappa shape index (κ3) is 2.21. The van der Waals surface area contributed by atoms with Gasteiger partial charge in [-0.3, -0.25) is 0 Å². The second-order valence-electron chi connectivity index (χ2n) is 4.01. The van der Waals surface area contributed by atoms with E-state index in [-0.39, 0.29) is 0 Å². The van der Waals surface area contributed by atoms with Gasteiger partial charge in [0.2, 0.25) is 11.9 Å². The summed E-state index contributed by atoms with van der Waals surface area (Å²) >= 11 is 6.07. The van der Waals surface area contributed by atoms with Crippen molar-refractivity contribution < 1.29 is 0 Å². The Bertz CT molecular complexity index is 548. The average Bonchev–Trinajstić information content (AvgIpc) is 2.27. The van der Waals surface area contributed by atoms with Crippen molar-refractivity contribution in [3.8, 4) is 0 Å². The van der Waals surface area contributed by atoms with Crippen LogP contribution in [0.25, 0.3) is 11.0 Å². The molecule has 0 aliphatic carbocycles. The molecule has 2 aromatic rings. The van der Waals surface area contributed by atoms with Gasteiger partial charge in [-0.25, -0.2) is 9.97 Å². The van der Waals surface area contributed by atoms with E-state index in [1.807, 2.05) is 33.1 Å². The molecule has 0 aliphatic heterocycles. The fourth-order valence-electron chi connectivity index (χ4n) is 1.28. The third-order valence-electron chi connectivity index (χ3n) is 2.18. The number of aromatic nitrogens is 4. The number of halogens is 1. The van der Waals surface area contributed by atoms with Gasteiger partial charge in [0.25, 0.3) is 0 Å². The molecule has 2 heterocycles. The molecule has 0 spiro atoms. The van der Waals surface area contributed by atoms with Gasteiger partial charge < -0.3 is 9.80 Å². The predicted molar refractivity (Wildman–Crippen MR) is 68.8 cm³/mol. The van der Waals surface area contributed by atoms with Crippen molar-refractivity contribution in [1.29, 1.82) is 0 Å². The Labute approximate surface area is 104 Å². The number of hydrogen-bond acceptors (Lipinski definition) is 6. The summed E-state index contributed by atoms with van der Waals surface area (Å²) in [6.07, 6.45) is 1.64. The Hall–Kier alpha value is -1.69. The summed E-state index contributed by atoms with van der Waals surface area (Å²) in [5, 5.41) is 1.02. The highest BCUT2D eigenvalue weighted by Gasteiger charge is 2.10. The maximum atomic E-state index is 6.07. The zero-order valence-electron chi connectivity index (χ0n) is 10.1. The van der Waals surface area contributed by atoms with Crippen LogP contribution in [0.5, 0.6) is 0 Å². The molecule has 0 atom stereocenters. The minimum Gasteiger partial charge on any atom is -0.347 e. The molecule has 0 saturated carbocycles. The van der Waals surface area contributed by atoms with E-state index in [4.69, 9.17) is 11.6 Å². The van der Waals surface area contributed by atoms with Crippen molar-refractivity contribution in [2.75, 3.05) is 38.0 Å². The van der Waals surface area contributed by atoms with Gasteiger partial charge in [0.15, 0.2) is 5.65 Å². The van der Waals surface area contributed by atoms with Crippen molar-refractivity contribution in [1.82, 2.24) is 19.9 Å². The van der Waals surface area contributed by atoms with E-state index in [0.717, 1.165) is 0 Å². The number of fused-ring (bicyclic) bond motifs is 1. The fourth-order valence-corrected chi connectivity index (χ4v) is 1.49. The van der Waals surface area contributed by atoms with E-state index in [1.165, 1.54) is 0 Å². The van der Waals surface area contributed by atoms with Crippen LogP contribution in [0.1, 0.15) is 0 Å². The van der Waals surface area contributed by atoms with Crippen LogP contribution in [-0.4, -0.2) is 48.1 Å². The maximum absolute atomic E-state index is 6.07. The van der Waals surface area contributed by atoms with Crippen molar-refractivity contribution in [2.24, 2.45) is 0 Å². The molecule has 90 valence electrons. The molecule has 0 fully saturated rings. The zero-order chi connectivity index (χ0) is 12.6. The van der Waals surface area contributed by atoms with E-state index in [9.17, 15) is 0 Å². The summed E-state index contributed by atoms with van der Waals surface area (Å²) in [6, 6.07) is 0. The summed E-state index contributed by atoms with van der Waals surface area (Å²) in [7, 11) is 7.45. The first kappa shape index (κ1) is 11.8. The van der Waals surface area contributed by atoms with Gasteiger partial charge in [-0.1, -0.05) is 11.6 Å². The van der Waals surface area contributed by atoms with Crippen LogP contribution in [0.4, 0.5) is 11.9 Å². The van der Waals surface area contributed by atoms with Crippen LogP contribution >= 0.6 is 11.6 Å². The monoisotopic (exact) mass is 252 g/mol.